The van der Waals surface area contributed by atoms with Gasteiger partial charge in [-0.2, -0.15) is 0 Å². The van der Waals surface area contributed by atoms with E-state index in [1.54, 1.807) is 0 Å². The molecule has 0 heterocycles. The van der Waals surface area contributed by atoms with Crippen LogP contribution in [-0.4, -0.2) is 16.5 Å². The summed E-state index contributed by atoms with van der Waals surface area (Å²) in [4.78, 5) is 10.8. The fraction of sp³-hybridized carbons (Fsp3) is 0.625. The van der Waals surface area contributed by atoms with Gasteiger partial charge in [-0.25, -0.2) is 0 Å². The van der Waals surface area contributed by atoms with E-state index < -0.39 is 0 Å². The zero-order chi connectivity index (χ0) is 8.10. The van der Waals surface area contributed by atoms with Gasteiger partial charge in [0.1, 0.15) is 6.10 Å². The first-order valence-electron chi connectivity index (χ1n) is 3.75. The molecular weight excluding hydrogens is 255 g/mol. The zero-order valence-corrected chi connectivity index (χ0v) is 8.41. The summed E-state index contributed by atoms with van der Waals surface area (Å²) in [5, 5.41) is 0. The molecule has 0 amide bonds. The number of allylic oxidation sites excluding steroid dienone is 1. The summed E-state index contributed by atoms with van der Waals surface area (Å²) in [6.45, 7) is 0. The molecule has 0 radical (unpaired) electrons. The number of rotatable bonds is 2. The molecule has 0 aromatic rings. The third-order valence-electron chi connectivity index (χ3n) is 1.60. The minimum atomic E-state index is -0.109. The van der Waals surface area contributed by atoms with Crippen LogP contribution in [0.3, 0.4) is 0 Å². The molecule has 1 aliphatic rings. The Balaban J connectivity index is 2.30. The Morgan fingerprint density at radius 1 is 1.73 bits per heavy atom. The quantitative estimate of drug-likeness (QED) is 0.331. The van der Waals surface area contributed by atoms with E-state index >= 15 is 0 Å². The summed E-state index contributed by atoms with van der Waals surface area (Å²) in [7, 11) is 0. The molecule has 0 aromatic carbocycles. The van der Waals surface area contributed by atoms with E-state index in [1.807, 2.05) is 28.7 Å². The third-order valence-corrected chi connectivity index (χ3v) is 2.22. The number of hydrogen-bond donors (Lipinski definition) is 0. The summed E-state index contributed by atoms with van der Waals surface area (Å²) < 4.78 is 5.55. The van der Waals surface area contributed by atoms with Crippen LogP contribution in [0.1, 0.15) is 19.3 Å². The molecule has 1 aliphatic carbocycles. The van der Waals surface area contributed by atoms with Crippen LogP contribution in [0.4, 0.5) is 0 Å². The van der Waals surface area contributed by atoms with E-state index in [0.29, 0.717) is 4.43 Å². The number of carbonyl (C=O) groups excluding carboxylic acids is 1. The maximum atomic E-state index is 10.8. The lowest BCUT2D eigenvalue weighted by molar-refractivity contribution is -0.143. The molecule has 0 saturated carbocycles. The van der Waals surface area contributed by atoms with E-state index in [-0.39, 0.29) is 12.1 Å². The Labute approximate surface area is 80.1 Å². The number of ether oxygens (including phenoxy) is 1. The van der Waals surface area contributed by atoms with Gasteiger partial charge in [0.15, 0.2) is 0 Å². The van der Waals surface area contributed by atoms with Gasteiger partial charge in [-0.15, -0.1) is 0 Å². The van der Waals surface area contributed by atoms with Crippen LogP contribution in [0, 0.1) is 0 Å². The van der Waals surface area contributed by atoms with Gasteiger partial charge in [-0.1, -0.05) is 28.7 Å². The lowest BCUT2D eigenvalue weighted by Gasteiger charge is -2.15. The Bertz CT molecular complexity index is 165. The van der Waals surface area contributed by atoms with Gasteiger partial charge in [0.05, 0.1) is 4.43 Å². The predicted molar refractivity (Wildman–Crippen MR) is 51.8 cm³/mol. The molecule has 0 aliphatic heterocycles. The number of halogens is 1. The second-order valence-corrected chi connectivity index (χ2v) is 3.28. The average molecular weight is 266 g/mol. The Kier molecular flexibility index (Phi) is 3.90. The van der Waals surface area contributed by atoms with Crippen molar-refractivity contribution in [2.75, 3.05) is 4.43 Å². The molecule has 0 bridgehead atoms. The van der Waals surface area contributed by atoms with E-state index in [4.69, 9.17) is 4.74 Å². The van der Waals surface area contributed by atoms with Crippen molar-refractivity contribution in [2.45, 2.75) is 25.4 Å². The minimum Gasteiger partial charge on any atom is -0.458 e. The Morgan fingerprint density at radius 2 is 2.55 bits per heavy atom. The molecule has 62 valence electrons. The van der Waals surface area contributed by atoms with Gasteiger partial charge in [-0.05, 0) is 25.3 Å². The fourth-order valence-corrected chi connectivity index (χ4v) is 1.26. The minimum absolute atomic E-state index is 0.0472. The summed E-state index contributed by atoms with van der Waals surface area (Å²) in [6.07, 6.45) is 7.35. The van der Waals surface area contributed by atoms with Crippen molar-refractivity contribution >= 4 is 28.6 Å². The Morgan fingerprint density at radius 3 is 3.09 bits per heavy atom. The topological polar surface area (TPSA) is 26.3 Å². The molecular formula is C8H11IO2. The maximum absolute atomic E-state index is 10.8. The summed E-state index contributed by atoms with van der Waals surface area (Å²) >= 11 is 2.01. The molecule has 1 atom stereocenters. The van der Waals surface area contributed by atoms with Gasteiger partial charge < -0.3 is 4.74 Å². The lowest BCUT2D eigenvalue weighted by atomic mass is 10.1. The molecule has 0 aromatic heterocycles. The first-order chi connectivity index (χ1) is 5.33. The smallest absolute Gasteiger partial charge is 0.316 e. The van der Waals surface area contributed by atoms with Crippen LogP contribution < -0.4 is 0 Å². The highest BCUT2D eigenvalue weighted by Gasteiger charge is 2.11. The van der Waals surface area contributed by atoms with Crippen molar-refractivity contribution in [2.24, 2.45) is 0 Å². The predicted octanol–water partition coefficient (Wildman–Crippen LogP) is 2.07. The fourth-order valence-electron chi connectivity index (χ4n) is 1.08. The lowest BCUT2D eigenvalue weighted by Crippen LogP contribution is -2.18. The molecule has 2 nitrogen and oxygen atoms in total. The summed E-state index contributed by atoms with van der Waals surface area (Å²) in [5.41, 5.74) is 0. The zero-order valence-electron chi connectivity index (χ0n) is 6.25. The molecule has 3 heteroatoms. The maximum Gasteiger partial charge on any atom is 0.316 e. The number of alkyl halides is 1. The highest BCUT2D eigenvalue weighted by molar-refractivity contribution is 14.1. The van der Waals surface area contributed by atoms with Gasteiger partial charge in [-0.3, -0.25) is 4.79 Å². The van der Waals surface area contributed by atoms with Crippen molar-refractivity contribution < 1.29 is 9.53 Å². The van der Waals surface area contributed by atoms with Crippen molar-refractivity contribution in [1.82, 2.24) is 0 Å². The van der Waals surface area contributed by atoms with Crippen molar-refractivity contribution in [1.29, 1.82) is 0 Å². The second-order valence-electron chi connectivity index (χ2n) is 2.52. The number of esters is 1. The summed E-state index contributed by atoms with van der Waals surface area (Å²) in [6, 6.07) is 0. The van der Waals surface area contributed by atoms with Gasteiger partial charge in [0.2, 0.25) is 0 Å². The molecule has 11 heavy (non-hydrogen) atoms. The molecule has 0 saturated heterocycles. The van der Waals surface area contributed by atoms with Gasteiger partial charge in [0.25, 0.3) is 0 Å². The van der Waals surface area contributed by atoms with E-state index in [1.165, 1.54) is 0 Å². The van der Waals surface area contributed by atoms with E-state index in [9.17, 15) is 4.79 Å². The van der Waals surface area contributed by atoms with Crippen molar-refractivity contribution in [3.8, 4) is 0 Å². The van der Waals surface area contributed by atoms with Crippen LogP contribution in [0.2, 0.25) is 0 Å². The van der Waals surface area contributed by atoms with Crippen LogP contribution in [0.5, 0.6) is 0 Å². The van der Waals surface area contributed by atoms with Gasteiger partial charge in [0, 0.05) is 0 Å². The number of carbonyl (C=O) groups is 1. The van der Waals surface area contributed by atoms with Crippen LogP contribution in [0.25, 0.3) is 0 Å². The highest BCUT2D eigenvalue weighted by atomic mass is 127. The Hall–Kier alpha value is -0.0600. The highest BCUT2D eigenvalue weighted by Crippen LogP contribution is 2.13. The third kappa shape index (κ3) is 3.22. The molecule has 1 rings (SSSR count). The standard InChI is InChI=1S/C8H11IO2/c9-6-8(10)11-7-4-2-1-3-5-7/h2,4,7H,1,3,5-6H2. The number of hydrogen-bond acceptors (Lipinski definition) is 2. The van der Waals surface area contributed by atoms with Crippen molar-refractivity contribution in [3.05, 3.63) is 12.2 Å². The summed E-state index contributed by atoms with van der Waals surface area (Å²) in [5.74, 6) is -0.109. The monoisotopic (exact) mass is 266 g/mol. The SMILES string of the molecule is O=C(CI)OC1C=CCCC1. The van der Waals surface area contributed by atoms with Gasteiger partial charge >= 0.3 is 5.97 Å². The van der Waals surface area contributed by atoms with Crippen molar-refractivity contribution in [3.63, 3.8) is 0 Å². The van der Waals surface area contributed by atoms with E-state index in [2.05, 4.69) is 6.08 Å². The normalized spacial score (nSPS) is 23.2. The average Bonchev–Trinajstić information content (AvgIpc) is 2.06. The van der Waals surface area contributed by atoms with E-state index in [0.717, 1.165) is 19.3 Å². The van der Waals surface area contributed by atoms with Crippen LogP contribution in [0.15, 0.2) is 12.2 Å². The second kappa shape index (κ2) is 4.74. The first-order valence-corrected chi connectivity index (χ1v) is 5.27. The molecule has 0 spiro atoms. The van der Waals surface area contributed by atoms with Crippen LogP contribution in [-0.2, 0) is 9.53 Å². The molecule has 0 N–H and O–H groups in total. The largest absolute Gasteiger partial charge is 0.458 e. The first kappa shape index (κ1) is 9.03. The van der Waals surface area contributed by atoms with Crippen LogP contribution >= 0.6 is 22.6 Å². The molecule has 0 fully saturated rings. The molecule has 1 unspecified atom stereocenters.